The molecule has 0 spiro atoms. The molecule has 0 fully saturated rings. The van der Waals surface area contributed by atoms with Crippen LogP contribution < -0.4 is 15.6 Å². The van der Waals surface area contributed by atoms with Gasteiger partial charge < -0.3 is 14.6 Å². The predicted molar refractivity (Wildman–Crippen MR) is 108 cm³/mol. The molecule has 1 aromatic carbocycles. The molecule has 1 unspecified atom stereocenters. The summed E-state index contributed by atoms with van der Waals surface area (Å²) in [6.07, 6.45) is 1.85. The predicted octanol–water partition coefficient (Wildman–Crippen LogP) is 1.52. The molecule has 0 radical (unpaired) electrons. The number of fused-ring (bicyclic) bond motifs is 1. The number of hydrogen-bond donors (Lipinski definition) is 1. The second-order valence-electron chi connectivity index (χ2n) is 6.72. The van der Waals surface area contributed by atoms with Gasteiger partial charge in [-0.25, -0.2) is 8.42 Å². The minimum atomic E-state index is -3.72. The highest BCUT2D eigenvalue weighted by atomic mass is 32.2. The van der Waals surface area contributed by atoms with Crippen molar-refractivity contribution < 1.29 is 17.9 Å². The van der Waals surface area contributed by atoms with Gasteiger partial charge in [0.1, 0.15) is 12.3 Å². The van der Waals surface area contributed by atoms with Gasteiger partial charge >= 0.3 is 0 Å². The summed E-state index contributed by atoms with van der Waals surface area (Å²) in [6, 6.07) is 9.71. The van der Waals surface area contributed by atoms with Gasteiger partial charge in [-0.3, -0.25) is 9.59 Å². The summed E-state index contributed by atoms with van der Waals surface area (Å²) < 4.78 is 33.4. The number of nitrogens with zero attached hydrogens (tertiary/aromatic N) is 2. The molecule has 3 rings (SSSR count). The van der Waals surface area contributed by atoms with Crippen LogP contribution in [0.5, 0.6) is 5.75 Å². The van der Waals surface area contributed by atoms with Crippen molar-refractivity contribution >= 4 is 15.9 Å². The van der Waals surface area contributed by atoms with Gasteiger partial charge in [0.15, 0.2) is 0 Å². The number of rotatable bonds is 7. The van der Waals surface area contributed by atoms with Crippen molar-refractivity contribution in [1.29, 1.82) is 0 Å². The van der Waals surface area contributed by atoms with Crippen molar-refractivity contribution in [2.75, 3.05) is 19.7 Å². The molecule has 1 aliphatic rings. The molecule has 0 saturated carbocycles. The summed E-state index contributed by atoms with van der Waals surface area (Å²) in [5.74, 6) is 0.361. The van der Waals surface area contributed by atoms with E-state index in [0.29, 0.717) is 26.1 Å². The SMILES string of the molecule is CCN(CC)S(=O)(=O)c1ccc(=O)n(CC(=O)NC2CCOc3ccccc32)c1. The van der Waals surface area contributed by atoms with Crippen LogP contribution in [-0.2, 0) is 21.4 Å². The topological polar surface area (TPSA) is 97.7 Å². The molecule has 1 amide bonds. The Morgan fingerprint density at radius 3 is 2.66 bits per heavy atom. The maximum Gasteiger partial charge on any atom is 0.251 e. The molecular weight excluding hydrogens is 394 g/mol. The van der Waals surface area contributed by atoms with Crippen LogP contribution in [0.2, 0.25) is 0 Å². The Labute approximate surface area is 170 Å². The Morgan fingerprint density at radius 2 is 1.93 bits per heavy atom. The molecule has 0 aliphatic carbocycles. The maximum absolute atomic E-state index is 12.7. The number of carbonyl (C=O) groups excluding carboxylic acids is 1. The van der Waals surface area contributed by atoms with Crippen molar-refractivity contribution in [3.63, 3.8) is 0 Å². The fourth-order valence-corrected chi connectivity index (χ4v) is 4.86. The third-order valence-electron chi connectivity index (χ3n) is 4.91. The van der Waals surface area contributed by atoms with Crippen molar-refractivity contribution in [2.45, 2.75) is 37.8 Å². The number of nitrogens with one attached hydrogen (secondary N) is 1. The van der Waals surface area contributed by atoms with E-state index < -0.39 is 15.6 Å². The van der Waals surface area contributed by atoms with Crippen LogP contribution in [0.15, 0.2) is 52.3 Å². The van der Waals surface area contributed by atoms with E-state index in [2.05, 4.69) is 5.32 Å². The molecule has 1 N–H and O–H groups in total. The van der Waals surface area contributed by atoms with E-state index in [0.717, 1.165) is 15.9 Å². The Hall–Kier alpha value is -2.65. The van der Waals surface area contributed by atoms with E-state index in [1.807, 2.05) is 24.3 Å². The molecule has 2 aromatic rings. The van der Waals surface area contributed by atoms with Gasteiger partial charge in [0.2, 0.25) is 15.9 Å². The number of aromatic nitrogens is 1. The molecule has 1 atom stereocenters. The summed E-state index contributed by atoms with van der Waals surface area (Å²) in [7, 11) is -3.72. The number of carbonyl (C=O) groups is 1. The van der Waals surface area contributed by atoms with Gasteiger partial charge in [-0.05, 0) is 12.1 Å². The fourth-order valence-electron chi connectivity index (χ4n) is 3.38. The molecule has 9 heteroatoms. The zero-order valence-electron chi connectivity index (χ0n) is 16.5. The Morgan fingerprint density at radius 1 is 1.21 bits per heavy atom. The summed E-state index contributed by atoms with van der Waals surface area (Å²) >= 11 is 0. The highest BCUT2D eigenvalue weighted by Gasteiger charge is 2.24. The smallest absolute Gasteiger partial charge is 0.251 e. The average molecular weight is 420 g/mol. The van der Waals surface area contributed by atoms with Gasteiger partial charge in [-0.2, -0.15) is 4.31 Å². The Balaban J connectivity index is 1.79. The van der Waals surface area contributed by atoms with Crippen molar-refractivity contribution in [3.05, 3.63) is 58.5 Å². The molecule has 156 valence electrons. The van der Waals surface area contributed by atoms with Gasteiger partial charge in [-0.15, -0.1) is 0 Å². The molecule has 1 aliphatic heterocycles. The van der Waals surface area contributed by atoms with Gasteiger partial charge in [-0.1, -0.05) is 32.0 Å². The highest BCUT2D eigenvalue weighted by molar-refractivity contribution is 7.89. The second-order valence-corrected chi connectivity index (χ2v) is 8.65. The van der Waals surface area contributed by atoms with Crippen LogP contribution in [0.1, 0.15) is 31.9 Å². The third-order valence-corrected chi connectivity index (χ3v) is 6.94. The summed E-state index contributed by atoms with van der Waals surface area (Å²) in [5.41, 5.74) is 0.448. The lowest BCUT2D eigenvalue weighted by atomic mass is 10.0. The molecule has 8 nitrogen and oxygen atoms in total. The van der Waals surface area contributed by atoms with Gasteiger partial charge in [0.25, 0.3) is 5.56 Å². The molecule has 29 heavy (non-hydrogen) atoms. The zero-order valence-corrected chi connectivity index (χ0v) is 17.3. The van der Waals surface area contributed by atoms with Crippen molar-refractivity contribution in [2.24, 2.45) is 0 Å². The third kappa shape index (κ3) is 4.51. The monoisotopic (exact) mass is 419 g/mol. The van der Waals surface area contributed by atoms with E-state index in [-0.39, 0.29) is 23.4 Å². The molecule has 0 bridgehead atoms. The fraction of sp³-hybridized carbons (Fsp3) is 0.400. The van der Waals surface area contributed by atoms with Crippen LogP contribution in [0.4, 0.5) is 0 Å². The number of para-hydroxylation sites is 1. The van der Waals surface area contributed by atoms with E-state index >= 15 is 0 Å². The van der Waals surface area contributed by atoms with Crippen molar-refractivity contribution in [1.82, 2.24) is 14.2 Å². The van der Waals surface area contributed by atoms with Crippen LogP contribution in [-0.4, -0.2) is 42.9 Å². The lowest BCUT2D eigenvalue weighted by molar-refractivity contribution is -0.122. The summed E-state index contributed by atoms with van der Waals surface area (Å²) in [4.78, 5) is 24.8. The van der Waals surface area contributed by atoms with E-state index in [1.165, 1.54) is 22.6 Å². The maximum atomic E-state index is 12.7. The van der Waals surface area contributed by atoms with E-state index in [4.69, 9.17) is 4.74 Å². The Kier molecular flexibility index (Phi) is 6.39. The minimum Gasteiger partial charge on any atom is -0.493 e. The number of hydrogen-bond acceptors (Lipinski definition) is 5. The molecule has 2 heterocycles. The first-order valence-corrected chi connectivity index (χ1v) is 11.0. The normalized spacial score (nSPS) is 16.2. The first kappa shape index (κ1) is 21.1. The molecule has 0 saturated heterocycles. The summed E-state index contributed by atoms with van der Waals surface area (Å²) in [5, 5.41) is 2.92. The number of amides is 1. The standard InChI is InChI=1S/C20H25N3O5S/c1-3-23(4-2)29(26,27)15-9-10-20(25)22(13-15)14-19(24)21-17-11-12-28-18-8-6-5-7-16(17)18/h5-10,13,17H,3-4,11-12,14H2,1-2H3,(H,21,24). The number of ether oxygens (including phenoxy) is 1. The zero-order chi connectivity index (χ0) is 21.0. The lowest BCUT2D eigenvalue weighted by Crippen LogP contribution is -2.37. The van der Waals surface area contributed by atoms with Gasteiger partial charge in [0, 0.05) is 37.3 Å². The summed E-state index contributed by atoms with van der Waals surface area (Å²) in [6.45, 7) is 4.36. The first-order chi connectivity index (χ1) is 13.9. The van der Waals surface area contributed by atoms with E-state index in [1.54, 1.807) is 13.8 Å². The Bertz CT molecular complexity index is 1040. The van der Waals surface area contributed by atoms with Crippen LogP contribution in [0.25, 0.3) is 0 Å². The van der Waals surface area contributed by atoms with Crippen molar-refractivity contribution in [3.8, 4) is 5.75 Å². The lowest BCUT2D eigenvalue weighted by Gasteiger charge is -2.26. The highest BCUT2D eigenvalue weighted by Crippen LogP contribution is 2.31. The number of pyridine rings is 1. The van der Waals surface area contributed by atoms with Crippen LogP contribution >= 0.6 is 0 Å². The van der Waals surface area contributed by atoms with Crippen LogP contribution in [0, 0.1) is 0 Å². The molecule has 1 aromatic heterocycles. The average Bonchev–Trinajstić information content (AvgIpc) is 2.70. The first-order valence-electron chi connectivity index (χ1n) is 9.58. The number of sulfonamides is 1. The second kappa shape index (κ2) is 8.79. The van der Waals surface area contributed by atoms with Crippen LogP contribution in [0.3, 0.4) is 0 Å². The quantitative estimate of drug-likeness (QED) is 0.734. The van der Waals surface area contributed by atoms with Gasteiger partial charge in [0.05, 0.1) is 17.5 Å². The van der Waals surface area contributed by atoms with E-state index in [9.17, 15) is 18.0 Å². The largest absolute Gasteiger partial charge is 0.493 e. The molecular formula is C20H25N3O5S. The number of benzene rings is 1. The minimum absolute atomic E-state index is 0.00925.